The van der Waals surface area contributed by atoms with Crippen molar-refractivity contribution in [2.24, 2.45) is 0 Å². The Morgan fingerprint density at radius 1 is 0.394 bits per heavy atom. The van der Waals surface area contributed by atoms with E-state index in [0.717, 1.165) is 57.8 Å². The highest BCUT2D eigenvalue weighted by Gasteiger charge is 2.20. The maximum atomic E-state index is 12.5. The zero-order valence-electron chi connectivity index (χ0n) is 48.0. The van der Waals surface area contributed by atoms with Crippen molar-refractivity contribution in [1.82, 2.24) is 5.32 Å². The second-order valence-electron chi connectivity index (χ2n) is 22.1. The number of carbonyl (C=O) groups is 2. The number of unbranched alkanes of at least 4 members (excludes halogenated alkanes) is 45. The summed E-state index contributed by atoms with van der Waals surface area (Å²) in [5.74, 6) is -0.0488. The van der Waals surface area contributed by atoms with E-state index >= 15 is 0 Å². The highest BCUT2D eigenvalue weighted by atomic mass is 16.5. The standard InChI is InChI=1S/C65H125NO5/c1-3-5-7-9-11-13-15-17-19-20-21-22-23-24-25-26-27-30-33-37-41-45-49-53-57-63(68)62(61-67)66-64(69)58-54-50-46-42-38-34-31-28-29-32-36-40-44-48-52-56-60-71-65(70)59-55-51-47-43-39-35-18-16-14-12-10-8-6-4-2/h10,12,16,18,62-63,67-68H,3-9,11,13-15,17,19-61H2,1-2H3,(H,66,69)/b12-10-,18-16-. The van der Waals surface area contributed by atoms with E-state index in [0.29, 0.717) is 25.9 Å². The van der Waals surface area contributed by atoms with Gasteiger partial charge in [0, 0.05) is 12.8 Å². The van der Waals surface area contributed by atoms with Gasteiger partial charge in [0.2, 0.25) is 5.91 Å². The lowest BCUT2D eigenvalue weighted by atomic mass is 10.0. The molecule has 0 aromatic heterocycles. The number of nitrogens with one attached hydrogen (secondary N) is 1. The Labute approximate surface area is 443 Å². The van der Waals surface area contributed by atoms with E-state index in [2.05, 4.69) is 43.5 Å². The van der Waals surface area contributed by atoms with Crippen LogP contribution in [0.4, 0.5) is 0 Å². The van der Waals surface area contributed by atoms with Crippen molar-refractivity contribution in [3.8, 4) is 0 Å². The first-order valence-corrected chi connectivity index (χ1v) is 32.1. The molecule has 420 valence electrons. The summed E-state index contributed by atoms with van der Waals surface area (Å²) in [5, 5.41) is 23.4. The number of ether oxygens (including phenoxy) is 1. The normalized spacial score (nSPS) is 12.7. The molecule has 0 heterocycles. The van der Waals surface area contributed by atoms with E-state index in [-0.39, 0.29) is 18.5 Å². The topological polar surface area (TPSA) is 95.9 Å². The molecular weight excluding hydrogens is 875 g/mol. The van der Waals surface area contributed by atoms with Gasteiger partial charge in [0.15, 0.2) is 0 Å². The van der Waals surface area contributed by atoms with Gasteiger partial charge in [-0.3, -0.25) is 9.59 Å². The van der Waals surface area contributed by atoms with Crippen molar-refractivity contribution < 1.29 is 24.5 Å². The summed E-state index contributed by atoms with van der Waals surface area (Å²) < 4.78 is 5.47. The first kappa shape index (κ1) is 69.3. The first-order valence-electron chi connectivity index (χ1n) is 32.1. The van der Waals surface area contributed by atoms with Crippen molar-refractivity contribution in [2.45, 2.75) is 366 Å². The van der Waals surface area contributed by atoms with Gasteiger partial charge < -0.3 is 20.3 Å². The van der Waals surface area contributed by atoms with Gasteiger partial charge in [-0.2, -0.15) is 0 Å². The minimum atomic E-state index is -0.671. The third-order valence-corrected chi connectivity index (χ3v) is 15.0. The van der Waals surface area contributed by atoms with Crippen molar-refractivity contribution in [2.75, 3.05) is 13.2 Å². The average molecular weight is 1000 g/mol. The van der Waals surface area contributed by atoms with Crippen LogP contribution in [0.15, 0.2) is 24.3 Å². The molecule has 2 atom stereocenters. The summed E-state index contributed by atoms with van der Waals surface area (Å²) in [6.07, 6.45) is 74.7. The predicted molar refractivity (Wildman–Crippen MR) is 310 cm³/mol. The van der Waals surface area contributed by atoms with Gasteiger partial charge in [0.25, 0.3) is 0 Å². The van der Waals surface area contributed by atoms with E-state index in [1.54, 1.807) is 0 Å². The molecule has 6 nitrogen and oxygen atoms in total. The van der Waals surface area contributed by atoms with Gasteiger partial charge in [-0.05, 0) is 51.4 Å². The van der Waals surface area contributed by atoms with Crippen molar-refractivity contribution >= 4 is 11.9 Å². The van der Waals surface area contributed by atoms with Crippen LogP contribution in [0.5, 0.6) is 0 Å². The van der Waals surface area contributed by atoms with Crippen molar-refractivity contribution in [3.05, 3.63) is 24.3 Å². The van der Waals surface area contributed by atoms with Crippen LogP contribution in [-0.4, -0.2) is 47.4 Å². The van der Waals surface area contributed by atoms with E-state index in [1.165, 1.54) is 263 Å². The third-order valence-electron chi connectivity index (χ3n) is 15.0. The summed E-state index contributed by atoms with van der Waals surface area (Å²) in [6.45, 7) is 4.92. The Hall–Kier alpha value is -1.66. The van der Waals surface area contributed by atoms with Gasteiger partial charge >= 0.3 is 5.97 Å². The predicted octanol–water partition coefficient (Wildman–Crippen LogP) is 20.2. The number of rotatable bonds is 60. The van der Waals surface area contributed by atoms with E-state index < -0.39 is 12.1 Å². The molecule has 0 aromatic carbocycles. The van der Waals surface area contributed by atoms with E-state index in [9.17, 15) is 19.8 Å². The number of aliphatic hydroxyl groups excluding tert-OH is 2. The van der Waals surface area contributed by atoms with Crippen LogP contribution < -0.4 is 5.32 Å². The lowest BCUT2D eigenvalue weighted by Crippen LogP contribution is -2.45. The molecule has 71 heavy (non-hydrogen) atoms. The molecule has 0 spiro atoms. The zero-order chi connectivity index (χ0) is 51.4. The first-order chi connectivity index (χ1) is 35.0. The minimum absolute atomic E-state index is 0.0105. The Kier molecular flexibility index (Phi) is 59.5. The number of hydrogen-bond donors (Lipinski definition) is 3. The number of hydrogen-bond acceptors (Lipinski definition) is 5. The van der Waals surface area contributed by atoms with Crippen LogP contribution in [0.1, 0.15) is 354 Å². The fourth-order valence-electron chi connectivity index (χ4n) is 10.1. The number of amides is 1. The van der Waals surface area contributed by atoms with Gasteiger partial charge in [-0.15, -0.1) is 0 Å². The fraction of sp³-hybridized carbons (Fsp3) is 0.908. The Morgan fingerprint density at radius 3 is 1.11 bits per heavy atom. The van der Waals surface area contributed by atoms with Crippen LogP contribution in [0.3, 0.4) is 0 Å². The second kappa shape index (κ2) is 60.9. The molecule has 0 aliphatic heterocycles. The molecule has 0 aromatic rings. The zero-order valence-corrected chi connectivity index (χ0v) is 48.0. The summed E-state index contributed by atoms with van der Waals surface area (Å²) in [4.78, 5) is 24.6. The lowest BCUT2D eigenvalue weighted by molar-refractivity contribution is -0.143. The highest BCUT2D eigenvalue weighted by molar-refractivity contribution is 5.76. The van der Waals surface area contributed by atoms with Crippen molar-refractivity contribution in [3.63, 3.8) is 0 Å². The summed E-state index contributed by atoms with van der Waals surface area (Å²) in [7, 11) is 0. The monoisotopic (exact) mass is 1000 g/mol. The molecule has 0 saturated carbocycles. The SMILES string of the molecule is CCCC/C=C\C/C=C\CCCCCCCC(=O)OCCCCCCCCCCCCCCCCCCC(=O)NC(CO)C(O)CCCCCCCCCCCCCCCCCCCCCCCCCC. The van der Waals surface area contributed by atoms with Crippen LogP contribution >= 0.6 is 0 Å². The van der Waals surface area contributed by atoms with Gasteiger partial charge in [0.1, 0.15) is 0 Å². The van der Waals surface area contributed by atoms with E-state index in [4.69, 9.17) is 4.74 Å². The quantitative estimate of drug-likeness (QED) is 0.0320. The fourth-order valence-corrected chi connectivity index (χ4v) is 10.1. The van der Waals surface area contributed by atoms with Crippen LogP contribution in [-0.2, 0) is 14.3 Å². The summed E-state index contributed by atoms with van der Waals surface area (Å²) in [5.41, 5.74) is 0. The maximum Gasteiger partial charge on any atom is 0.305 e. The van der Waals surface area contributed by atoms with Crippen LogP contribution in [0, 0.1) is 0 Å². The van der Waals surface area contributed by atoms with Gasteiger partial charge in [-0.1, -0.05) is 314 Å². The Bertz CT molecular complexity index is 1110. The molecule has 6 heteroatoms. The average Bonchev–Trinajstić information content (AvgIpc) is 3.37. The largest absolute Gasteiger partial charge is 0.466 e. The smallest absolute Gasteiger partial charge is 0.305 e. The maximum absolute atomic E-state index is 12.5. The van der Waals surface area contributed by atoms with Crippen LogP contribution in [0.2, 0.25) is 0 Å². The number of aliphatic hydroxyl groups is 2. The minimum Gasteiger partial charge on any atom is -0.466 e. The van der Waals surface area contributed by atoms with E-state index in [1.807, 2.05) is 0 Å². The second-order valence-corrected chi connectivity index (χ2v) is 22.1. The third kappa shape index (κ3) is 57.5. The molecule has 1 amide bonds. The molecule has 0 aliphatic rings. The number of carbonyl (C=O) groups excluding carboxylic acids is 2. The number of allylic oxidation sites excluding steroid dienone is 4. The molecule has 0 aliphatic carbocycles. The molecule has 0 bridgehead atoms. The van der Waals surface area contributed by atoms with Gasteiger partial charge in [0.05, 0.1) is 25.4 Å². The molecule has 0 radical (unpaired) electrons. The Morgan fingerprint density at radius 2 is 0.718 bits per heavy atom. The summed E-state index contributed by atoms with van der Waals surface area (Å²) in [6, 6.07) is -0.548. The molecule has 0 saturated heterocycles. The molecular formula is C65H125NO5. The lowest BCUT2D eigenvalue weighted by Gasteiger charge is -2.22. The summed E-state index contributed by atoms with van der Waals surface area (Å²) >= 11 is 0. The van der Waals surface area contributed by atoms with Gasteiger partial charge in [-0.25, -0.2) is 0 Å². The molecule has 0 rings (SSSR count). The molecule has 2 unspecified atom stereocenters. The number of esters is 1. The molecule has 0 fully saturated rings. The molecule has 3 N–H and O–H groups in total. The van der Waals surface area contributed by atoms with Crippen molar-refractivity contribution in [1.29, 1.82) is 0 Å². The van der Waals surface area contributed by atoms with Crippen LogP contribution in [0.25, 0.3) is 0 Å². The Balaban J connectivity index is 3.42. The highest BCUT2D eigenvalue weighted by Crippen LogP contribution is 2.18.